The van der Waals surface area contributed by atoms with Gasteiger partial charge in [0.25, 0.3) is 0 Å². The van der Waals surface area contributed by atoms with Crippen molar-refractivity contribution in [3.63, 3.8) is 0 Å². The summed E-state index contributed by atoms with van der Waals surface area (Å²) in [4.78, 5) is 25.9. The van der Waals surface area contributed by atoms with E-state index in [0.717, 1.165) is 5.56 Å². The van der Waals surface area contributed by atoms with Crippen LogP contribution in [0.3, 0.4) is 0 Å². The van der Waals surface area contributed by atoms with Crippen molar-refractivity contribution in [2.45, 2.75) is 39.3 Å². The first-order valence-corrected chi connectivity index (χ1v) is 8.50. The first-order chi connectivity index (χ1) is 12.0. The van der Waals surface area contributed by atoms with Gasteiger partial charge in [0, 0.05) is 6.54 Å². The Labute approximate surface area is 149 Å². The van der Waals surface area contributed by atoms with E-state index in [9.17, 15) is 14.9 Å². The fourth-order valence-corrected chi connectivity index (χ4v) is 2.51. The fraction of sp³-hybridized carbons (Fsp3) is 0.526. The smallest absolute Gasteiger partial charge is 0.320 e. The number of nitriles is 1. The van der Waals surface area contributed by atoms with Crippen LogP contribution in [-0.4, -0.2) is 43.1 Å². The summed E-state index contributed by atoms with van der Waals surface area (Å²) in [5, 5.41) is 9.45. The van der Waals surface area contributed by atoms with Crippen LogP contribution in [-0.2, 0) is 25.6 Å². The average Bonchev–Trinajstić information content (AvgIpc) is 2.59. The Bertz CT molecular complexity index is 565. The number of hydrogen-bond donors (Lipinski definition) is 0. The van der Waals surface area contributed by atoms with Crippen molar-refractivity contribution < 1.29 is 19.1 Å². The predicted molar refractivity (Wildman–Crippen MR) is 93.3 cm³/mol. The molecule has 0 heterocycles. The second kappa shape index (κ2) is 11.2. The van der Waals surface area contributed by atoms with Gasteiger partial charge < -0.3 is 9.47 Å². The molecule has 1 unspecified atom stereocenters. The van der Waals surface area contributed by atoms with E-state index in [-0.39, 0.29) is 19.6 Å². The molecule has 6 nitrogen and oxygen atoms in total. The largest absolute Gasteiger partial charge is 0.465 e. The molecule has 1 aromatic rings. The number of nitrogens with zero attached hydrogens (tertiary/aromatic N) is 2. The van der Waals surface area contributed by atoms with Crippen LogP contribution < -0.4 is 0 Å². The Morgan fingerprint density at radius 1 is 1.08 bits per heavy atom. The molecule has 1 atom stereocenters. The van der Waals surface area contributed by atoms with Crippen LogP contribution in [0.1, 0.15) is 32.3 Å². The van der Waals surface area contributed by atoms with Crippen molar-refractivity contribution in [2.24, 2.45) is 5.92 Å². The van der Waals surface area contributed by atoms with Crippen LogP contribution in [0, 0.1) is 17.2 Å². The maximum Gasteiger partial charge on any atom is 0.320 e. The highest BCUT2D eigenvalue weighted by atomic mass is 16.6. The summed E-state index contributed by atoms with van der Waals surface area (Å²) in [6.45, 7) is 4.38. The number of esters is 2. The molecule has 0 amide bonds. The minimum atomic E-state index is -0.985. The van der Waals surface area contributed by atoms with Crippen LogP contribution in [0.4, 0.5) is 0 Å². The van der Waals surface area contributed by atoms with Gasteiger partial charge in [-0.25, -0.2) is 0 Å². The molecule has 0 spiro atoms. The van der Waals surface area contributed by atoms with Crippen LogP contribution in [0.5, 0.6) is 0 Å². The molecule has 0 N–H and O–H groups in total. The van der Waals surface area contributed by atoms with Crippen molar-refractivity contribution in [3.8, 4) is 6.07 Å². The lowest BCUT2D eigenvalue weighted by molar-refractivity contribution is -0.162. The van der Waals surface area contributed by atoms with Gasteiger partial charge in [-0.05, 0) is 39.3 Å². The van der Waals surface area contributed by atoms with Crippen LogP contribution in [0.15, 0.2) is 30.3 Å². The minimum absolute atomic E-state index is 0.199. The van der Waals surface area contributed by atoms with Gasteiger partial charge in [-0.1, -0.05) is 30.3 Å². The van der Waals surface area contributed by atoms with Crippen LogP contribution >= 0.6 is 0 Å². The van der Waals surface area contributed by atoms with Gasteiger partial charge in [-0.2, -0.15) is 5.26 Å². The Kier molecular flexibility index (Phi) is 9.26. The Morgan fingerprint density at radius 2 is 1.64 bits per heavy atom. The molecule has 0 saturated carbocycles. The van der Waals surface area contributed by atoms with E-state index >= 15 is 0 Å². The molecule has 0 saturated heterocycles. The van der Waals surface area contributed by atoms with Crippen molar-refractivity contribution >= 4 is 11.9 Å². The number of hydrogen-bond acceptors (Lipinski definition) is 6. The molecule has 0 bridgehead atoms. The predicted octanol–water partition coefficient (Wildman–Crippen LogP) is 2.53. The fourth-order valence-electron chi connectivity index (χ4n) is 2.51. The lowest BCUT2D eigenvalue weighted by atomic mass is 9.99. The second-order valence-electron chi connectivity index (χ2n) is 5.68. The lowest BCUT2D eigenvalue weighted by Gasteiger charge is -2.23. The highest BCUT2D eigenvalue weighted by Gasteiger charge is 2.30. The number of carbonyl (C=O) groups is 2. The molecule has 25 heavy (non-hydrogen) atoms. The molecule has 0 aliphatic heterocycles. The summed E-state index contributed by atoms with van der Waals surface area (Å²) in [6, 6.07) is 11.6. The van der Waals surface area contributed by atoms with E-state index in [1.807, 2.05) is 42.3 Å². The SMILES string of the molecule is CCOC(=O)C(CCC(C#N)N(C)Cc1ccccc1)C(=O)OCC. The summed E-state index contributed by atoms with van der Waals surface area (Å²) in [5.74, 6) is -2.17. The Balaban J connectivity index is 2.68. The van der Waals surface area contributed by atoms with Gasteiger partial charge in [0.05, 0.1) is 25.3 Å². The maximum atomic E-state index is 12.0. The monoisotopic (exact) mass is 346 g/mol. The second-order valence-corrected chi connectivity index (χ2v) is 5.68. The van der Waals surface area contributed by atoms with Crippen molar-refractivity contribution in [1.82, 2.24) is 4.90 Å². The summed E-state index contributed by atoms with van der Waals surface area (Å²) in [5.41, 5.74) is 1.09. The molecule has 1 aromatic carbocycles. The highest BCUT2D eigenvalue weighted by Crippen LogP contribution is 2.17. The van der Waals surface area contributed by atoms with Crippen molar-refractivity contribution in [3.05, 3.63) is 35.9 Å². The number of benzene rings is 1. The van der Waals surface area contributed by atoms with E-state index in [1.54, 1.807) is 13.8 Å². The van der Waals surface area contributed by atoms with Crippen molar-refractivity contribution in [1.29, 1.82) is 5.26 Å². The van der Waals surface area contributed by atoms with Crippen LogP contribution in [0.25, 0.3) is 0 Å². The molecule has 0 aliphatic rings. The van der Waals surface area contributed by atoms with E-state index in [1.165, 1.54) is 0 Å². The maximum absolute atomic E-state index is 12.0. The van der Waals surface area contributed by atoms with Gasteiger partial charge in [0.2, 0.25) is 0 Å². The third-order valence-corrected chi connectivity index (χ3v) is 3.83. The van der Waals surface area contributed by atoms with E-state index < -0.39 is 23.9 Å². The normalized spacial score (nSPS) is 11.8. The molecule has 0 fully saturated rings. The van der Waals surface area contributed by atoms with E-state index in [0.29, 0.717) is 13.0 Å². The average molecular weight is 346 g/mol. The molecule has 136 valence electrons. The first kappa shape index (κ1) is 20.7. The van der Waals surface area contributed by atoms with Gasteiger partial charge in [-0.15, -0.1) is 0 Å². The number of carbonyl (C=O) groups excluding carboxylic acids is 2. The minimum Gasteiger partial charge on any atom is -0.465 e. The summed E-state index contributed by atoms with van der Waals surface area (Å²) >= 11 is 0. The third kappa shape index (κ3) is 6.94. The van der Waals surface area contributed by atoms with E-state index in [2.05, 4.69) is 6.07 Å². The Morgan fingerprint density at radius 3 is 2.12 bits per heavy atom. The van der Waals surface area contributed by atoms with Crippen molar-refractivity contribution in [2.75, 3.05) is 20.3 Å². The Hall–Kier alpha value is -2.39. The van der Waals surface area contributed by atoms with E-state index in [4.69, 9.17) is 9.47 Å². The molecular weight excluding hydrogens is 320 g/mol. The lowest BCUT2D eigenvalue weighted by Crippen LogP contribution is -2.33. The first-order valence-electron chi connectivity index (χ1n) is 8.50. The van der Waals surface area contributed by atoms with Gasteiger partial charge in [0.15, 0.2) is 5.92 Å². The summed E-state index contributed by atoms with van der Waals surface area (Å²) in [6.07, 6.45) is 0.594. The topological polar surface area (TPSA) is 79.6 Å². The zero-order chi connectivity index (χ0) is 18.7. The molecular formula is C19H26N2O4. The molecule has 0 aliphatic carbocycles. The summed E-state index contributed by atoms with van der Waals surface area (Å²) in [7, 11) is 1.85. The van der Waals surface area contributed by atoms with Gasteiger partial charge in [0.1, 0.15) is 0 Å². The molecule has 1 rings (SSSR count). The summed E-state index contributed by atoms with van der Waals surface area (Å²) < 4.78 is 9.91. The van der Waals surface area contributed by atoms with Gasteiger partial charge in [-0.3, -0.25) is 14.5 Å². The quantitative estimate of drug-likeness (QED) is 0.478. The third-order valence-electron chi connectivity index (χ3n) is 3.83. The van der Waals surface area contributed by atoms with Gasteiger partial charge >= 0.3 is 11.9 Å². The zero-order valence-electron chi connectivity index (χ0n) is 15.1. The molecule has 0 radical (unpaired) electrons. The van der Waals surface area contributed by atoms with Crippen LogP contribution in [0.2, 0.25) is 0 Å². The molecule has 6 heteroatoms. The number of rotatable bonds is 10. The number of ether oxygens (including phenoxy) is 2. The highest BCUT2D eigenvalue weighted by molar-refractivity contribution is 5.94. The standard InChI is InChI=1S/C19H26N2O4/c1-4-24-18(22)17(19(23)25-5-2)12-11-16(13-20)21(3)14-15-9-7-6-8-10-15/h6-10,16-17H,4-5,11-12,14H2,1-3H3. The zero-order valence-corrected chi connectivity index (χ0v) is 15.1. The molecule has 0 aromatic heterocycles.